The summed E-state index contributed by atoms with van der Waals surface area (Å²) in [5.41, 5.74) is 5.58. The largest absolute Gasteiger partial charge is 0.283 e. The third-order valence-corrected chi connectivity index (χ3v) is 4.68. The average molecular weight is 308 g/mol. The van der Waals surface area contributed by atoms with Gasteiger partial charge in [0.25, 0.3) is 0 Å². The summed E-state index contributed by atoms with van der Waals surface area (Å²) in [4.78, 5) is 4.22. The van der Waals surface area contributed by atoms with Crippen molar-refractivity contribution in [3.05, 3.63) is 58.7 Å². The Labute approximate surface area is 134 Å². The molecule has 4 rings (SSSR count). The molecular weight excluding hydrogens is 291 g/mol. The molecule has 0 radical (unpaired) electrons. The highest BCUT2D eigenvalue weighted by atomic mass is 19.1. The van der Waals surface area contributed by atoms with E-state index in [0.29, 0.717) is 5.56 Å². The SMILES string of the molecule is Cc1cncc(-c2cc3c(cc2F)-n2c(C)nnc2CC3)c1C. The Kier molecular flexibility index (Phi) is 3.04. The quantitative estimate of drug-likeness (QED) is 0.691. The molecule has 23 heavy (non-hydrogen) atoms. The Morgan fingerprint density at radius 3 is 2.65 bits per heavy atom. The molecule has 3 heterocycles. The van der Waals surface area contributed by atoms with Crippen molar-refractivity contribution in [1.29, 1.82) is 0 Å². The number of rotatable bonds is 1. The Morgan fingerprint density at radius 1 is 1.00 bits per heavy atom. The first-order valence-electron chi connectivity index (χ1n) is 7.71. The molecule has 0 fully saturated rings. The molecule has 1 aliphatic heterocycles. The molecule has 5 heteroatoms. The van der Waals surface area contributed by atoms with E-state index in [-0.39, 0.29) is 5.82 Å². The zero-order valence-electron chi connectivity index (χ0n) is 13.4. The molecule has 0 saturated heterocycles. The molecular formula is C18H17FN4. The summed E-state index contributed by atoms with van der Waals surface area (Å²) in [6, 6.07) is 3.56. The Bertz CT molecular complexity index is 927. The topological polar surface area (TPSA) is 43.6 Å². The van der Waals surface area contributed by atoms with Crippen LogP contribution < -0.4 is 0 Å². The second-order valence-corrected chi connectivity index (χ2v) is 6.09. The predicted octanol–water partition coefficient (Wildman–Crippen LogP) is 3.49. The molecule has 0 N–H and O–H groups in total. The number of hydrogen-bond acceptors (Lipinski definition) is 3. The molecule has 0 spiro atoms. The van der Waals surface area contributed by atoms with Crippen molar-refractivity contribution in [1.82, 2.24) is 19.7 Å². The Morgan fingerprint density at radius 2 is 1.83 bits per heavy atom. The van der Waals surface area contributed by atoms with Crippen LogP contribution in [0.25, 0.3) is 16.8 Å². The van der Waals surface area contributed by atoms with E-state index in [2.05, 4.69) is 15.2 Å². The average Bonchev–Trinajstić information content (AvgIpc) is 2.91. The van der Waals surface area contributed by atoms with Gasteiger partial charge in [0.2, 0.25) is 0 Å². The molecule has 4 nitrogen and oxygen atoms in total. The number of nitrogens with zero attached hydrogens (tertiary/aromatic N) is 4. The lowest BCUT2D eigenvalue weighted by Crippen LogP contribution is -2.14. The third-order valence-electron chi connectivity index (χ3n) is 4.68. The number of benzene rings is 1. The van der Waals surface area contributed by atoms with Gasteiger partial charge in [0.1, 0.15) is 17.5 Å². The first-order chi connectivity index (χ1) is 11.1. The van der Waals surface area contributed by atoms with E-state index in [1.807, 2.05) is 37.6 Å². The fourth-order valence-corrected chi connectivity index (χ4v) is 3.25. The number of aryl methyl sites for hydroxylation is 4. The van der Waals surface area contributed by atoms with E-state index in [1.165, 1.54) is 0 Å². The van der Waals surface area contributed by atoms with Crippen LogP contribution in [0, 0.1) is 26.6 Å². The lowest BCUT2D eigenvalue weighted by Gasteiger charge is -2.21. The van der Waals surface area contributed by atoms with E-state index in [9.17, 15) is 4.39 Å². The highest BCUT2D eigenvalue weighted by Gasteiger charge is 2.22. The van der Waals surface area contributed by atoms with Gasteiger partial charge in [-0.15, -0.1) is 10.2 Å². The van der Waals surface area contributed by atoms with Crippen LogP contribution in [0.5, 0.6) is 0 Å². The van der Waals surface area contributed by atoms with E-state index in [0.717, 1.165) is 52.4 Å². The van der Waals surface area contributed by atoms with Crippen LogP contribution in [0.1, 0.15) is 28.3 Å². The monoisotopic (exact) mass is 308 g/mol. The van der Waals surface area contributed by atoms with E-state index >= 15 is 0 Å². The second kappa shape index (κ2) is 4.98. The second-order valence-electron chi connectivity index (χ2n) is 6.09. The lowest BCUT2D eigenvalue weighted by molar-refractivity contribution is 0.625. The fourth-order valence-electron chi connectivity index (χ4n) is 3.25. The summed E-state index contributed by atoms with van der Waals surface area (Å²) in [5, 5.41) is 8.29. The third kappa shape index (κ3) is 2.07. The van der Waals surface area contributed by atoms with Gasteiger partial charge in [0, 0.05) is 29.9 Å². The number of halogens is 1. The van der Waals surface area contributed by atoms with Crippen LogP contribution in [0.15, 0.2) is 24.5 Å². The van der Waals surface area contributed by atoms with Gasteiger partial charge in [-0.25, -0.2) is 4.39 Å². The van der Waals surface area contributed by atoms with Gasteiger partial charge in [0.05, 0.1) is 5.69 Å². The summed E-state index contributed by atoms with van der Waals surface area (Å²) in [5.74, 6) is 1.46. The van der Waals surface area contributed by atoms with Gasteiger partial charge >= 0.3 is 0 Å². The van der Waals surface area contributed by atoms with Gasteiger partial charge < -0.3 is 0 Å². The van der Waals surface area contributed by atoms with Crippen molar-refractivity contribution < 1.29 is 4.39 Å². The highest BCUT2D eigenvalue weighted by molar-refractivity contribution is 5.71. The fraction of sp³-hybridized carbons (Fsp3) is 0.278. The van der Waals surface area contributed by atoms with Crippen molar-refractivity contribution in [2.75, 3.05) is 0 Å². The number of fused-ring (bicyclic) bond motifs is 3. The minimum absolute atomic E-state index is 0.236. The van der Waals surface area contributed by atoms with Crippen molar-refractivity contribution in [3.8, 4) is 16.8 Å². The minimum atomic E-state index is -0.236. The van der Waals surface area contributed by atoms with Gasteiger partial charge in [0.15, 0.2) is 0 Å². The Hall–Kier alpha value is -2.56. The maximum atomic E-state index is 14.8. The molecule has 0 unspecified atom stereocenters. The van der Waals surface area contributed by atoms with Gasteiger partial charge in [-0.05, 0) is 56.0 Å². The molecule has 3 aromatic rings. The normalized spacial score (nSPS) is 12.9. The Balaban J connectivity index is 1.94. The zero-order valence-corrected chi connectivity index (χ0v) is 13.4. The van der Waals surface area contributed by atoms with E-state index in [1.54, 1.807) is 12.3 Å². The van der Waals surface area contributed by atoms with Crippen molar-refractivity contribution >= 4 is 0 Å². The van der Waals surface area contributed by atoms with Gasteiger partial charge in [-0.1, -0.05) is 0 Å². The van der Waals surface area contributed by atoms with Crippen LogP contribution in [0.2, 0.25) is 0 Å². The first-order valence-corrected chi connectivity index (χ1v) is 7.71. The number of aromatic nitrogens is 4. The van der Waals surface area contributed by atoms with Crippen molar-refractivity contribution in [3.63, 3.8) is 0 Å². The lowest BCUT2D eigenvalue weighted by atomic mass is 9.94. The minimum Gasteiger partial charge on any atom is -0.283 e. The maximum Gasteiger partial charge on any atom is 0.137 e. The van der Waals surface area contributed by atoms with Crippen molar-refractivity contribution in [2.24, 2.45) is 0 Å². The number of hydrogen-bond donors (Lipinski definition) is 0. The molecule has 2 aromatic heterocycles. The predicted molar refractivity (Wildman–Crippen MR) is 86.2 cm³/mol. The van der Waals surface area contributed by atoms with Crippen molar-refractivity contribution in [2.45, 2.75) is 33.6 Å². The van der Waals surface area contributed by atoms with Crippen LogP contribution in [-0.4, -0.2) is 19.7 Å². The molecule has 0 saturated carbocycles. The smallest absolute Gasteiger partial charge is 0.137 e. The van der Waals surface area contributed by atoms with Gasteiger partial charge in [-0.2, -0.15) is 0 Å². The molecule has 0 amide bonds. The van der Waals surface area contributed by atoms with E-state index in [4.69, 9.17) is 0 Å². The summed E-state index contributed by atoms with van der Waals surface area (Å²) in [6.45, 7) is 5.90. The summed E-state index contributed by atoms with van der Waals surface area (Å²) in [6.07, 6.45) is 5.22. The van der Waals surface area contributed by atoms with Crippen LogP contribution >= 0.6 is 0 Å². The zero-order chi connectivity index (χ0) is 16.1. The summed E-state index contributed by atoms with van der Waals surface area (Å²) in [7, 11) is 0. The summed E-state index contributed by atoms with van der Waals surface area (Å²) < 4.78 is 16.8. The van der Waals surface area contributed by atoms with E-state index < -0.39 is 0 Å². The molecule has 0 aliphatic carbocycles. The number of pyridine rings is 1. The van der Waals surface area contributed by atoms with Crippen LogP contribution in [0.4, 0.5) is 4.39 Å². The molecule has 1 aromatic carbocycles. The maximum absolute atomic E-state index is 14.8. The molecule has 1 aliphatic rings. The highest BCUT2D eigenvalue weighted by Crippen LogP contribution is 2.33. The standard InChI is InChI=1S/C18H17FN4/c1-10-8-20-9-15(11(10)2)14-6-13-4-5-18-22-21-12(3)23(18)17(13)7-16(14)19/h6-9H,4-5H2,1-3H3. The molecule has 0 atom stereocenters. The molecule has 0 bridgehead atoms. The summed E-state index contributed by atoms with van der Waals surface area (Å²) >= 11 is 0. The molecule has 116 valence electrons. The van der Waals surface area contributed by atoms with Gasteiger partial charge in [-0.3, -0.25) is 9.55 Å². The van der Waals surface area contributed by atoms with Crippen LogP contribution in [-0.2, 0) is 12.8 Å². The first kappa shape index (κ1) is 14.1. The van der Waals surface area contributed by atoms with Crippen LogP contribution in [0.3, 0.4) is 0 Å².